The smallest absolute Gasteiger partial charge is 0.141 e. The Labute approximate surface area is 111 Å². The van der Waals surface area contributed by atoms with Crippen molar-refractivity contribution in [1.82, 2.24) is 0 Å². The number of ketones is 1. The fourth-order valence-electron chi connectivity index (χ4n) is 6.42. The van der Waals surface area contributed by atoms with E-state index in [1.54, 1.807) is 0 Å². The third-order valence-corrected chi connectivity index (χ3v) is 6.81. The van der Waals surface area contributed by atoms with E-state index >= 15 is 0 Å². The minimum Gasteiger partial charge on any atom is -0.299 e. The van der Waals surface area contributed by atoms with Crippen molar-refractivity contribution in [2.24, 2.45) is 46.8 Å². The molecule has 0 radical (unpaired) electrons. The van der Waals surface area contributed by atoms with Gasteiger partial charge in [-0.1, -0.05) is 20.8 Å². The number of rotatable bonds is 1. The molecule has 4 fully saturated rings. The first-order chi connectivity index (χ1) is 8.47. The van der Waals surface area contributed by atoms with Crippen molar-refractivity contribution in [1.29, 1.82) is 0 Å². The van der Waals surface area contributed by atoms with Gasteiger partial charge in [0.2, 0.25) is 0 Å². The van der Waals surface area contributed by atoms with Gasteiger partial charge in [-0.15, -0.1) is 0 Å². The standard InChI is InChI=1S/C17H26O/c1-17(2,3)16(18)13-8-11-7-12(13)15-10-5-4-9(6-10)14(11)15/h9-15H,4-8H2,1-3H3. The molecule has 0 aromatic heterocycles. The Balaban J connectivity index is 1.61. The molecule has 7 unspecified atom stereocenters. The lowest BCUT2D eigenvalue weighted by Gasteiger charge is -2.39. The molecule has 0 spiro atoms. The van der Waals surface area contributed by atoms with Gasteiger partial charge in [0.15, 0.2) is 0 Å². The van der Waals surface area contributed by atoms with Gasteiger partial charge in [-0.05, 0) is 67.6 Å². The van der Waals surface area contributed by atoms with E-state index in [-0.39, 0.29) is 5.41 Å². The van der Waals surface area contributed by atoms with Crippen molar-refractivity contribution in [2.45, 2.75) is 52.9 Å². The lowest BCUT2D eigenvalue weighted by Crippen LogP contribution is -2.39. The lowest BCUT2D eigenvalue weighted by molar-refractivity contribution is -0.133. The van der Waals surface area contributed by atoms with E-state index < -0.39 is 0 Å². The predicted molar refractivity (Wildman–Crippen MR) is 72.0 cm³/mol. The fourth-order valence-corrected chi connectivity index (χ4v) is 6.42. The largest absolute Gasteiger partial charge is 0.299 e. The van der Waals surface area contributed by atoms with Crippen molar-refractivity contribution in [3.05, 3.63) is 0 Å². The van der Waals surface area contributed by atoms with E-state index in [1.165, 1.54) is 32.1 Å². The van der Waals surface area contributed by atoms with Crippen LogP contribution in [0.25, 0.3) is 0 Å². The zero-order valence-corrected chi connectivity index (χ0v) is 12.0. The lowest BCUT2D eigenvalue weighted by atomic mass is 9.64. The molecule has 0 aromatic carbocycles. The van der Waals surface area contributed by atoms with Crippen molar-refractivity contribution >= 4 is 5.78 Å². The molecule has 7 atom stereocenters. The highest BCUT2D eigenvalue weighted by Crippen LogP contribution is 2.69. The fraction of sp³-hybridized carbons (Fsp3) is 0.941. The summed E-state index contributed by atoms with van der Waals surface area (Å²) < 4.78 is 0. The summed E-state index contributed by atoms with van der Waals surface area (Å²) in [4.78, 5) is 12.7. The highest BCUT2D eigenvalue weighted by molar-refractivity contribution is 5.86. The second-order valence-corrected chi connectivity index (χ2v) is 8.60. The molecule has 0 aliphatic heterocycles. The Kier molecular flexibility index (Phi) is 2.17. The number of carbonyl (C=O) groups is 1. The van der Waals surface area contributed by atoms with E-state index in [0.717, 1.165) is 35.5 Å². The van der Waals surface area contributed by atoms with Gasteiger partial charge in [0.1, 0.15) is 5.78 Å². The summed E-state index contributed by atoms with van der Waals surface area (Å²) >= 11 is 0. The molecular formula is C17H26O. The van der Waals surface area contributed by atoms with Crippen molar-refractivity contribution in [2.75, 3.05) is 0 Å². The van der Waals surface area contributed by atoms with E-state index in [9.17, 15) is 4.79 Å². The number of hydrogen-bond acceptors (Lipinski definition) is 1. The summed E-state index contributed by atoms with van der Waals surface area (Å²) in [6, 6.07) is 0. The Morgan fingerprint density at radius 1 is 0.889 bits per heavy atom. The highest BCUT2D eigenvalue weighted by Gasteiger charge is 2.63. The number of fused-ring (bicyclic) bond motifs is 9. The molecule has 0 amide bonds. The topological polar surface area (TPSA) is 17.1 Å². The Bertz CT molecular complexity index is 391. The van der Waals surface area contributed by atoms with Gasteiger partial charge in [0.25, 0.3) is 0 Å². The minimum absolute atomic E-state index is 0.123. The maximum absolute atomic E-state index is 12.7. The first kappa shape index (κ1) is 11.5. The average Bonchev–Trinajstić information content (AvgIpc) is 3.03. The van der Waals surface area contributed by atoms with Crippen LogP contribution in [0.5, 0.6) is 0 Å². The van der Waals surface area contributed by atoms with Crippen LogP contribution in [0.3, 0.4) is 0 Å². The highest BCUT2D eigenvalue weighted by atomic mass is 16.1. The van der Waals surface area contributed by atoms with Crippen LogP contribution < -0.4 is 0 Å². The van der Waals surface area contributed by atoms with E-state index in [4.69, 9.17) is 0 Å². The number of Topliss-reactive ketones (excluding diaryl/α,β-unsaturated/α-hetero) is 1. The Morgan fingerprint density at radius 3 is 2.22 bits per heavy atom. The molecule has 0 heterocycles. The molecule has 1 heteroatoms. The molecule has 100 valence electrons. The molecule has 1 nitrogen and oxygen atoms in total. The van der Waals surface area contributed by atoms with Gasteiger partial charge in [-0.2, -0.15) is 0 Å². The van der Waals surface area contributed by atoms with E-state index in [1.807, 2.05) is 0 Å². The zero-order chi connectivity index (χ0) is 12.7. The summed E-state index contributed by atoms with van der Waals surface area (Å²) in [6.07, 6.45) is 7.14. The summed E-state index contributed by atoms with van der Waals surface area (Å²) in [5, 5.41) is 0. The van der Waals surface area contributed by atoms with E-state index in [0.29, 0.717) is 11.7 Å². The van der Waals surface area contributed by atoms with Gasteiger partial charge in [0, 0.05) is 11.3 Å². The first-order valence-electron chi connectivity index (χ1n) is 8.01. The molecular weight excluding hydrogens is 220 g/mol. The Morgan fingerprint density at radius 2 is 1.56 bits per heavy atom. The van der Waals surface area contributed by atoms with Crippen LogP contribution >= 0.6 is 0 Å². The van der Waals surface area contributed by atoms with Crippen molar-refractivity contribution < 1.29 is 4.79 Å². The first-order valence-corrected chi connectivity index (χ1v) is 8.01. The van der Waals surface area contributed by atoms with Gasteiger partial charge in [-0.25, -0.2) is 0 Å². The van der Waals surface area contributed by atoms with Crippen molar-refractivity contribution in [3.8, 4) is 0 Å². The molecule has 0 saturated heterocycles. The van der Waals surface area contributed by atoms with Crippen LogP contribution in [0.2, 0.25) is 0 Å². The van der Waals surface area contributed by atoms with Gasteiger partial charge < -0.3 is 0 Å². The molecule has 4 rings (SSSR count). The molecule has 18 heavy (non-hydrogen) atoms. The summed E-state index contributed by atoms with van der Waals surface area (Å²) in [6.45, 7) is 6.33. The quantitative estimate of drug-likeness (QED) is 0.641. The van der Waals surface area contributed by atoms with Crippen LogP contribution in [0.1, 0.15) is 52.9 Å². The van der Waals surface area contributed by atoms with Crippen LogP contribution in [0.4, 0.5) is 0 Å². The predicted octanol–water partition coefficient (Wildman–Crippen LogP) is 3.92. The zero-order valence-electron chi connectivity index (χ0n) is 12.0. The summed E-state index contributed by atoms with van der Waals surface area (Å²) in [5.74, 6) is 6.75. The van der Waals surface area contributed by atoms with E-state index in [2.05, 4.69) is 20.8 Å². The number of carbonyl (C=O) groups excluding carboxylic acids is 1. The molecule has 4 aliphatic rings. The van der Waals surface area contributed by atoms with Crippen LogP contribution in [-0.4, -0.2) is 5.78 Å². The van der Waals surface area contributed by atoms with Crippen LogP contribution in [0.15, 0.2) is 0 Å². The molecule has 4 aliphatic carbocycles. The second kappa shape index (κ2) is 3.41. The normalized spacial score (nSPS) is 52.9. The minimum atomic E-state index is -0.123. The summed E-state index contributed by atoms with van der Waals surface area (Å²) in [7, 11) is 0. The third kappa shape index (κ3) is 1.31. The van der Waals surface area contributed by atoms with Gasteiger partial charge in [-0.3, -0.25) is 4.79 Å². The maximum Gasteiger partial charge on any atom is 0.141 e. The average molecular weight is 246 g/mol. The molecule has 4 saturated carbocycles. The maximum atomic E-state index is 12.7. The second-order valence-electron chi connectivity index (χ2n) is 8.60. The van der Waals surface area contributed by atoms with Crippen molar-refractivity contribution in [3.63, 3.8) is 0 Å². The summed E-state index contributed by atoms with van der Waals surface area (Å²) in [5.41, 5.74) is -0.123. The van der Waals surface area contributed by atoms with Gasteiger partial charge >= 0.3 is 0 Å². The third-order valence-electron chi connectivity index (χ3n) is 6.81. The SMILES string of the molecule is CC(C)(C)C(=O)C1CC2CC1C1C3CCC(C3)C21. The molecule has 0 aromatic rings. The number of hydrogen-bond donors (Lipinski definition) is 0. The molecule has 4 bridgehead atoms. The van der Waals surface area contributed by atoms with Gasteiger partial charge in [0.05, 0.1) is 0 Å². The Hall–Kier alpha value is -0.330. The monoisotopic (exact) mass is 246 g/mol. The van der Waals surface area contributed by atoms with Crippen LogP contribution in [-0.2, 0) is 4.79 Å². The van der Waals surface area contributed by atoms with Crippen LogP contribution in [0, 0.1) is 46.8 Å². The molecule has 0 N–H and O–H groups in total.